The van der Waals surface area contributed by atoms with E-state index >= 15 is 0 Å². The SMILES string of the molecule is COc1cc(/C=C/C(=O)N2CCC=C(C#CC(C)(C)C)C2=O)cc(C)c1C.COc1cc(/C=C/C(=O)N2CCC=C(C#CC3CC3)C2=O)cc(C)c1C.COc1cc(/C=C/C(=O)N2CCC=C(C#Cc3ccccc3F)C2=O)cc(C)c1C.COc1cc(/C=C/C(=O)N2CCC=C(C#Cc3ccsc3)C2=O)cc(C)c1C. The predicted octanol–water partition coefficient (Wildman–Crippen LogP) is 15.8. The van der Waals surface area contributed by atoms with E-state index < -0.39 is 17.6 Å². The van der Waals surface area contributed by atoms with Crippen molar-refractivity contribution in [2.45, 2.75) is 115 Å². The predicted molar refractivity (Wildman–Crippen MR) is 436 cm³/mol. The number of thiophene rings is 1. The highest BCUT2D eigenvalue weighted by molar-refractivity contribution is 7.08. The number of ether oxygens (including phenoxy) is 4. The lowest BCUT2D eigenvalue weighted by Gasteiger charge is -2.22. The maximum Gasteiger partial charge on any atom is 0.268 e. The number of amides is 8. The first-order valence-corrected chi connectivity index (χ1v) is 37.4. The van der Waals surface area contributed by atoms with Gasteiger partial charge in [0.2, 0.25) is 0 Å². The van der Waals surface area contributed by atoms with Crippen molar-refractivity contribution >= 4 is 82.9 Å². The van der Waals surface area contributed by atoms with Gasteiger partial charge in [-0.15, -0.1) is 0 Å². The number of imide groups is 4. The number of hydrogen-bond donors (Lipinski definition) is 0. The van der Waals surface area contributed by atoms with E-state index in [9.17, 15) is 42.7 Å². The van der Waals surface area contributed by atoms with Crippen LogP contribution in [0.25, 0.3) is 24.3 Å². The number of methoxy groups -OCH3 is 4. The van der Waals surface area contributed by atoms with Gasteiger partial charge < -0.3 is 18.9 Å². The third-order valence-electron chi connectivity index (χ3n) is 18.5. The van der Waals surface area contributed by atoms with Crippen molar-refractivity contribution < 1.29 is 61.7 Å². The van der Waals surface area contributed by atoms with Crippen molar-refractivity contribution in [2.75, 3.05) is 54.6 Å². The Morgan fingerprint density at radius 2 is 0.766 bits per heavy atom. The summed E-state index contributed by atoms with van der Waals surface area (Å²) in [6.07, 6.45) is 24.2. The Hall–Kier alpha value is -12.4. The van der Waals surface area contributed by atoms with E-state index in [0.717, 1.165) is 113 Å². The van der Waals surface area contributed by atoms with Gasteiger partial charge >= 0.3 is 0 Å². The Morgan fingerprint density at radius 3 is 1.07 bits per heavy atom. The van der Waals surface area contributed by atoms with Gasteiger partial charge in [-0.25, -0.2) is 4.39 Å². The second kappa shape index (κ2) is 39.7. The molecule has 570 valence electrons. The average Bonchev–Trinajstić information content (AvgIpc) is 1.27. The monoisotopic (exact) mass is 1510 g/mol. The third kappa shape index (κ3) is 23.8. The van der Waals surface area contributed by atoms with E-state index in [2.05, 4.69) is 47.4 Å². The molecule has 1 aromatic heterocycles. The number of carbonyl (C=O) groups is 8. The molecule has 0 unspecified atom stereocenters. The molecule has 5 heterocycles. The summed E-state index contributed by atoms with van der Waals surface area (Å²) in [5.74, 6) is 23.4. The van der Waals surface area contributed by atoms with Gasteiger partial charge in [-0.3, -0.25) is 58.0 Å². The highest BCUT2D eigenvalue weighted by atomic mass is 32.1. The Bertz CT molecular complexity index is 5160. The number of halogens is 1. The third-order valence-corrected chi connectivity index (χ3v) is 19.2. The van der Waals surface area contributed by atoms with Crippen LogP contribution in [0.3, 0.4) is 0 Å². The van der Waals surface area contributed by atoms with Crippen molar-refractivity contribution in [3.05, 3.63) is 244 Å². The molecule has 6 aromatic rings. The second-order valence-corrected chi connectivity index (χ2v) is 28.6. The van der Waals surface area contributed by atoms with Crippen molar-refractivity contribution in [1.82, 2.24) is 19.6 Å². The summed E-state index contributed by atoms with van der Waals surface area (Å²) in [7, 11) is 6.48. The van der Waals surface area contributed by atoms with Crippen molar-refractivity contribution in [3.8, 4) is 70.4 Å². The first kappa shape index (κ1) is 84.3. The van der Waals surface area contributed by atoms with E-state index in [1.165, 1.54) is 45.1 Å². The van der Waals surface area contributed by atoms with Crippen LogP contribution in [0.5, 0.6) is 23.0 Å². The van der Waals surface area contributed by atoms with Gasteiger partial charge in [-0.2, -0.15) is 11.3 Å². The summed E-state index contributed by atoms with van der Waals surface area (Å²) in [4.78, 5) is 106. The van der Waals surface area contributed by atoms with Gasteiger partial charge in [0.25, 0.3) is 47.3 Å². The van der Waals surface area contributed by atoms with Crippen LogP contribution in [0.15, 0.2) is 161 Å². The van der Waals surface area contributed by atoms with Gasteiger partial charge in [0.1, 0.15) is 28.8 Å². The van der Waals surface area contributed by atoms with Crippen molar-refractivity contribution in [3.63, 3.8) is 0 Å². The van der Waals surface area contributed by atoms with Crippen LogP contribution in [0.4, 0.5) is 4.39 Å². The van der Waals surface area contributed by atoms with Crippen LogP contribution in [0.1, 0.15) is 137 Å². The Morgan fingerprint density at radius 1 is 0.441 bits per heavy atom. The van der Waals surface area contributed by atoms with Crippen LogP contribution in [-0.4, -0.2) is 121 Å². The van der Waals surface area contributed by atoms with Crippen LogP contribution >= 0.6 is 11.3 Å². The zero-order valence-electron chi connectivity index (χ0n) is 65.7. The van der Waals surface area contributed by atoms with E-state index in [1.807, 2.05) is 154 Å². The summed E-state index contributed by atoms with van der Waals surface area (Å²) in [6.45, 7) is 23.3. The number of aryl methyl sites for hydroxylation is 4. The van der Waals surface area contributed by atoms with Gasteiger partial charge in [0, 0.05) is 72.8 Å². The van der Waals surface area contributed by atoms with Crippen molar-refractivity contribution in [2.24, 2.45) is 11.3 Å². The number of nitrogens with zero attached hydrogens (tertiary/aromatic N) is 4. The lowest BCUT2D eigenvalue weighted by molar-refractivity contribution is -0.141. The number of carbonyl (C=O) groups excluding carboxylic acids is 8. The van der Waals surface area contributed by atoms with Crippen LogP contribution in [0, 0.1) is 120 Å². The minimum Gasteiger partial charge on any atom is -0.496 e. The van der Waals surface area contributed by atoms with E-state index in [1.54, 1.807) is 94.4 Å². The van der Waals surface area contributed by atoms with Gasteiger partial charge in [-0.05, 0) is 254 Å². The van der Waals surface area contributed by atoms with E-state index in [4.69, 9.17) is 18.9 Å². The fraction of sp³-hybridized carbons (Fsp3) is 0.290. The average molecular weight is 1510 g/mol. The molecule has 18 heteroatoms. The molecule has 5 aromatic carbocycles. The molecule has 0 atom stereocenters. The largest absolute Gasteiger partial charge is 0.496 e. The molecule has 0 N–H and O–H groups in total. The summed E-state index contributed by atoms with van der Waals surface area (Å²) in [5.41, 5.74) is 14.2. The maximum absolute atomic E-state index is 13.7. The standard InChI is InChI=1S/C25H22FNO3.C23H21NO3S.C23H27NO3.C22H23NO3/c1-17-15-19(16-23(30-3)18(17)2)10-13-24(28)27-14-6-8-21(25(27)29)12-11-20-7-4-5-9-22(20)26;1-16-13-19(14-21(27-3)17(16)2)7-9-22(25)24-11-4-5-20(23(24)26)8-6-18-10-12-28-15-18;1-16-14-18(15-20(27-6)17(16)2)9-10-21(25)24-13-7-8-19(22(24)26)11-12-23(3,4)5;1-15-13-18(14-20(26-3)16(15)2)9-11-21(24)23-12-4-5-19(22(23)25)10-8-17-6-7-17/h4-5,7-10,13,15-16H,6,14H2,1-3H3;5,7,9-10,12-15H,4,11H2,1-3H3;8-10,14-15H,7,13H2,1-6H3;5,9,11,13-14,17H,4,6-7,12H2,1-3H3/b13-10+;9-7+;10-9+;11-9+. The fourth-order valence-electron chi connectivity index (χ4n) is 11.5. The molecule has 11 rings (SSSR count). The lowest BCUT2D eigenvalue weighted by atomic mass is 9.97. The second-order valence-electron chi connectivity index (χ2n) is 27.8. The number of rotatable bonds is 12. The highest BCUT2D eigenvalue weighted by Gasteiger charge is 2.30. The van der Waals surface area contributed by atoms with Crippen LogP contribution < -0.4 is 18.9 Å². The van der Waals surface area contributed by atoms with E-state index in [0.29, 0.717) is 68.0 Å². The molecule has 1 saturated carbocycles. The highest BCUT2D eigenvalue weighted by Crippen LogP contribution is 2.31. The molecular formula is C93H93FN4O12S. The molecule has 8 amide bonds. The molecule has 0 radical (unpaired) electrons. The normalized spacial score (nSPS) is 14.7. The van der Waals surface area contributed by atoms with Gasteiger partial charge in [0.05, 0.1) is 56.3 Å². The fourth-order valence-corrected chi connectivity index (χ4v) is 12.0. The molecule has 4 aliphatic heterocycles. The number of hydrogen-bond acceptors (Lipinski definition) is 13. The molecule has 5 aliphatic rings. The molecule has 0 saturated heterocycles. The summed E-state index contributed by atoms with van der Waals surface area (Å²) in [6, 6.07) is 23.4. The molecule has 0 bridgehead atoms. The molecular weight excluding hydrogens is 1420 g/mol. The summed E-state index contributed by atoms with van der Waals surface area (Å²) < 4.78 is 35.2. The van der Waals surface area contributed by atoms with Crippen molar-refractivity contribution in [1.29, 1.82) is 0 Å². The lowest BCUT2D eigenvalue weighted by Crippen LogP contribution is -2.39. The Kier molecular flexibility index (Phi) is 30.1. The molecule has 1 aliphatic carbocycles. The van der Waals surface area contributed by atoms with Gasteiger partial charge in [-0.1, -0.05) is 108 Å². The smallest absolute Gasteiger partial charge is 0.268 e. The molecule has 16 nitrogen and oxygen atoms in total. The maximum atomic E-state index is 13.7. The molecule has 111 heavy (non-hydrogen) atoms. The first-order chi connectivity index (χ1) is 53.0. The quantitative estimate of drug-likeness (QED) is 0.0835. The molecule has 0 spiro atoms. The van der Waals surface area contributed by atoms with Gasteiger partial charge in [0.15, 0.2) is 0 Å². The summed E-state index contributed by atoms with van der Waals surface area (Å²) in [5, 5.41) is 3.86. The van der Waals surface area contributed by atoms with Crippen LogP contribution in [-0.2, 0) is 38.4 Å². The number of benzene rings is 5. The van der Waals surface area contributed by atoms with Crippen LogP contribution in [0.2, 0.25) is 0 Å². The minimum absolute atomic E-state index is 0.194. The topological polar surface area (TPSA) is 186 Å². The van der Waals surface area contributed by atoms with E-state index in [-0.39, 0.29) is 58.5 Å². The zero-order chi connectivity index (χ0) is 80.6. The first-order valence-electron chi connectivity index (χ1n) is 36.4. The summed E-state index contributed by atoms with van der Waals surface area (Å²) >= 11 is 1.55. The Labute approximate surface area is 655 Å². The Balaban J connectivity index is 0.000000186. The minimum atomic E-state index is -0.475. The zero-order valence-corrected chi connectivity index (χ0v) is 66.5. The molecule has 1 fully saturated rings.